The SMILES string of the molecule is C1CCCCCCCCCCCCCCC1.N. The third-order valence-corrected chi connectivity index (χ3v) is 4.00. The van der Waals surface area contributed by atoms with Crippen LogP contribution in [0.1, 0.15) is 103 Å². The van der Waals surface area contributed by atoms with Gasteiger partial charge in [0.25, 0.3) is 0 Å². The minimum absolute atomic E-state index is 0. The van der Waals surface area contributed by atoms with Gasteiger partial charge in [0, 0.05) is 0 Å². The van der Waals surface area contributed by atoms with E-state index in [0.29, 0.717) is 0 Å². The second-order valence-electron chi connectivity index (χ2n) is 5.66. The summed E-state index contributed by atoms with van der Waals surface area (Å²) < 4.78 is 0. The van der Waals surface area contributed by atoms with Crippen molar-refractivity contribution in [2.24, 2.45) is 0 Å². The van der Waals surface area contributed by atoms with E-state index < -0.39 is 0 Å². The fourth-order valence-corrected chi connectivity index (χ4v) is 2.83. The molecular weight excluding hydrogens is 206 g/mol. The average molecular weight is 241 g/mol. The van der Waals surface area contributed by atoms with Crippen LogP contribution in [0.15, 0.2) is 0 Å². The standard InChI is InChI=1S/C16H32.H3N/c1-2-4-6-8-10-12-14-16-15-13-11-9-7-5-3-1;/h1-16H2;1H3. The quantitative estimate of drug-likeness (QED) is 0.523. The van der Waals surface area contributed by atoms with Gasteiger partial charge in [-0.25, -0.2) is 0 Å². The first-order chi connectivity index (χ1) is 8.00. The Labute approximate surface area is 109 Å². The molecule has 1 aliphatic rings. The van der Waals surface area contributed by atoms with Crippen LogP contribution >= 0.6 is 0 Å². The highest BCUT2D eigenvalue weighted by atomic mass is 14.0. The molecule has 104 valence electrons. The van der Waals surface area contributed by atoms with Gasteiger partial charge in [-0.2, -0.15) is 0 Å². The third-order valence-electron chi connectivity index (χ3n) is 4.00. The molecule has 1 heteroatoms. The average Bonchev–Trinajstić information content (AvgIpc) is 2.29. The van der Waals surface area contributed by atoms with E-state index >= 15 is 0 Å². The molecule has 1 rings (SSSR count). The first-order valence-electron chi connectivity index (χ1n) is 8.00. The Bertz CT molecular complexity index is 69.5. The summed E-state index contributed by atoms with van der Waals surface area (Å²) in [6.07, 6.45) is 24.0. The number of hydrogen-bond acceptors (Lipinski definition) is 1. The molecule has 0 saturated heterocycles. The van der Waals surface area contributed by atoms with Gasteiger partial charge in [-0.1, -0.05) is 103 Å². The van der Waals surface area contributed by atoms with Crippen molar-refractivity contribution < 1.29 is 0 Å². The van der Waals surface area contributed by atoms with E-state index in [1.165, 1.54) is 103 Å². The Morgan fingerprint density at radius 1 is 0.176 bits per heavy atom. The molecule has 0 aromatic carbocycles. The maximum absolute atomic E-state index is 1.50. The molecule has 1 aliphatic carbocycles. The predicted molar refractivity (Wildman–Crippen MR) is 78.9 cm³/mol. The van der Waals surface area contributed by atoms with Gasteiger partial charge in [-0.3, -0.25) is 0 Å². The molecule has 3 N–H and O–H groups in total. The fraction of sp³-hybridized carbons (Fsp3) is 1.00. The lowest BCUT2D eigenvalue weighted by molar-refractivity contribution is 0.504. The molecule has 1 nitrogen and oxygen atoms in total. The molecule has 0 unspecified atom stereocenters. The van der Waals surface area contributed by atoms with Crippen molar-refractivity contribution in [3.8, 4) is 0 Å². The van der Waals surface area contributed by atoms with Crippen molar-refractivity contribution in [2.75, 3.05) is 0 Å². The molecule has 0 spiro atoms. The topological polar surface area (TPSA) is 35.0 Å². The second kappa shape index (κ2) is 14.0. The summed E-state index contributed by atoms with van der Waals surface area (Å²) in [5.74, 6) is 0. The largest absolute Gasteiger partial charge is 0.344 e. The van der Waals surface area contributed by atoms with Crippen LogP contribution in [-0.4, -0.2) is 0 Å². The number of rotatable bonds is 0. The van der Waals surface area contributed by atoms with Gasteiger partial charge in [0.15, 0.2) is 0 Å². The van der Waals surface area contributed by atoms with Crippen molar-refractivity contribution >= 4 is 0 Å². The van der Waals surface area contributed by atoms with Crippen LogP contribution in [-0.2, 0) is 0 Å². The third kappa shape index (κ3) is 12.2. The van der Waals surface area contributed by atoms with Crippen LogP contribution in [0.25, 0.3) is 0 Å². The molecule has 17 heavy (non-hydrogen) atoms. The molecular formula is C16H35N. The molecule has 0 aliphatic heterocycles. The molecule has 0 heterocycles. The van der Waals surface area contributed by atoms with Crippen LogP contribution in [0, 0.1) is 0 Å². The maximum atomic E-state index is 1.50. The monoisotopic (exact) mass is 241 g/mol. The zero-order chi connectivity index (χ0) is 11.3. The normalized spacial score (nSPS) is 22.6. The zero-order valence-electron chi connectivity index (χ0n) is 12.0. The van der Waals surface area contributed by atoms with Crippen molar-refractivity contribution in [1.82, 2.24) is 6.15 Å². The Balaban J connectivity index is 0.00000256. The smallest absolute Gasteiger partial charge is 0.0533 e. The lowest BCUT2D eigenvalue weighted by Gasteiger charge is -2.05. The van der Waals surface area contributed by atoms with Crippen molar-refractivity contribution in [3.63, 3.8) is 0 Å². The van der Waals surface area contributed by atoms with Gasteiger partial charge in [-0.05, 0) is 0 Å². The Kier molecular flexibility index (Phi) is 14.0. The molecule has 0 amide bonds. The van der Waals surface area contributed by atoms with E-state index in [2.05, 4.69) is 0 Å². The van der Waals surface area contributed by atoms with Gasteiger partial charge in [-0.15, -0.1) is 0 Å². The summed E-state index contributed by atoms with van der Waals surface area (Å²) in [4.78, 5) is 0. The van der Waals surface area contributed by atoms with Gasteiger partial charge in [0.2, 0.25) is 0 Å². The first-order valence-corrected chi connectivity index (χ1v) is 8.00. The van der Waals surface area contributed by atoms with E-state index in [4.69, 9.17) is 0 Å². The van der Waals surface area contributed by atoms with Crippen molar-refractivity contribution in [1.29, 1.82) is 0 Å². The van der Waals surface area contributed by atoms with Crippen LogP contribution in [0.2, 0.25) is 0 Å². The van der Waals surface area contributed by atoms with Crippen molar-refractivity contribution in [2.45, 2.75) is 103 Å². The van der Waals surface area contributed by atoms with Crippen LogP contribution in [0.3, 0.4) is 0 Å². The summed E-state index contributed by atoms with van der Waals surface area (Å²) in [5.41, 5.74) is 0. The van der Waals surface area contributed by atoms with E-state index in [9.17, 15) is 0 Å². The summed E-state index contributed by atoms with van der Waals surface area (Å²) in [6.45, 7) is 0. The van der Waals surface area contributed by atoms with Crippen molar-refractivity contribution in [3.05, 3.63) is 0 Å². The fourth-order valence-electron chi connectivity index (χ4n) is 2.83. The van der Waals surface area contributed by atoms with Crippen LogP contribution in [0.4, 0.5) is 0 Å². The molecule has 0 aromatic rings. The minimum Gasteiger partial charge on any atom is -0.344 e. The predicted octanol–water partition coefficient (Wildman–Crippen LogP) is 6.40. The lowest BCUT2D eigenvalue weighted by atomic mass is 10.0. The highest BCUT2D eigenvalue weighted by molar-refractivity contribution is 4.52. The van der Waals surface area contributed by atoms with E-state index in [1.807, 2.05) is 0 Å². The zero-order valence-corrected chi connectivity index (χ0v) is 12.0. The number of hydrogen-bond donors (Lipinski definition) is 1. The highest BCUT2D eigenvalue weighted by Crippen LogP contribution is 2.16. The molecule has 0 aromatic heterocycles. The first kappa shape index (κ1) is 17.0. The summed E-state index contributed by atoms with van der Waals surface area (Å²) in [5, 5.41) is 0. The minimum atomic E-state index is 0. The van der Waals surface area contributed by atoms with E-state index in [1.54, 1.807) is 0 Å². The van der Waals surface area contributed by atoms with E-state index in [-0.39, 0.29) is 6.15 Å². The Morgan fingerprint density at radius 2 is 0.235 bits per heavy atom. The summed E-state index contributed by atoms with van der Waals surface area (Å²) in [6, 6.07) is 0. The molecule has 0 bridgehead atoms. The molecule has 1 fully saturated rings. The lowest BCUT2D eigenvalue weighted by Crippen LogP contribution is -1.85. The second-order valence-corrected chi connectivity index (χ2v) is 5.66. The maximum Gasteiger partial charge on any atom is -0.0533 e. The summed E-state index contributed by atoms with van der Waals surface area (Å²) >= 11 is 0. The van der Waals surface area contributed by atoms with Gasteiger partial charge >= 0.3 is 0 Å². The van der Waals surface area contributed by atoms with E-state index in [0.717, 1.165) is 0 Å². The van der Waals surface area contributed by atoms with Gasteiger partial charge < -0.3 is 6.15 Å². The Morgan fingerprint density at radius 3 is 0.294 bits per heavy atom. The Hall–Kier alpha value is -0.0400. The molecule has 1 saturated carbocycles. The van der Waals surface area contributed by atoms with Crippen LogP contribution in [0.5, 0.6) is 0 Å². The molecule has 0 atom stereocenters. The molecule has 0 radical (unpaired) electrons. The highest BCUT2D eigenvalue weighted by Gasteiger charge is 1.96. The van der Waals surface area contributed by atoms with Crippen LogP contribution < -0.4 is 6.15 Å². The van der Waals surface area contributed by atoms with Gasteiger partial charge in [0.1, 0.15) is 0 Å². The van der Waals surface area contributed by atoms with Gasteiger partial charge in [0.05, 0.1) is 0 Å². The summed E-state index contributed by atoms with van der Waals surface area (Å²) in [7, 11) is 0.